The standard InChI is InChI=1S/C14H19N5O/c1-19(2)10-6-9-15-14-16-13(20)12(17-18-14)11-7-4-3-5-8-11/h3-5,7-8H,6,9-10H2,1-2H3,(H2,15,16,18,20). The van der Waals surface area contributed by atoms with Crippen molar-refractivity contribution in [1.29, 1.82) is 0 Å². The van der Waals surface area contributed by atoms with Gasteiger partial charge in [-0.05, 0) is 27.1 Å². The second kappa shape index (κ2) is 6.81. The van der Waals surface area contributed by atoms with Crippen LogP contribution in [0.4, 0.5) is 5.95 Å². The summed E-state index contributed by atoms with van der Waals surface area (Å²) in [6.07, 6.45) is 0.969. The van der Waals surface area contributed by atoms with E-state index in [1.54, 1.807) is 0 Å². The SMILES string of the molecule is CN(C)CCCNc1nnc(-c2ccccc2)c(=O)[nH]1. The molecule has 0 atom stereocenters. The average Bonchev–Trinajstić information content (AvgIpc) is 2.44. The van der Waals surface area contributed by atoms with Gasteiger partial charge in [0.2, 0.25) is 5.95 Å². The topological polar surface area (TPSA) is 73.9 Å². The number of hydrogen-bond acceptors (Lipinski definition) is 5. The summed E-state index contributed by atoms with van der Waals surface area (Å²) in [7, 11) is 4.05. The Morgan fingerprint density at radius 3 is 2.60 bits per heavy atom. The highest BCUT2D eigenvalue weighted by Gasteiger charge is 2.06. The van der Waals surface area contributed by atoms with Gasteiger partial charge in [0.15, 0.2) is 5.69 Å². The van der Waals surface area contributed by atoms with E-state index < -0.39 is 0 Å². The Morgan fingerprint density at radius 1 is 1.20 bits per heavy atom. The minimum atomic E-state index is -0.235. The van der Waals surface area contributed by atoms with E-state index in [9.17, 15) is 4.79 Å². The van der Waals surface area contributed by atoms with Crippen LogP contribution in [0.1, 0.15) is 6.42 Å². The van der Waals surface area contributed by atoms with Crippen molar-refractivity contribution >= 4 is 5.95 Å². The summed E-state index contributed by atoms with van der Waals surface area (Å²) in [5.41, 5.74) is 0.867. The van der Waals surface area contributed by atoms with E-state index in [0.29, 0.717) is 11.6 Å². The molecule has 0 fully saturated rings. The molecule has 0 unspecified atom stereocenters. The summed E-state index contributed by atoms with van der Waals surface area (Å²) in [5.74, 6) is 0.411. The average molecular weight is 273 g/mol. The monoisotopic (exact) mass is 273 g/mol. The van der Waals surface area contributed by atoms with E-state index in [1.165, 1.54) is 0 Å². The molecule has 0 aliphatic rings. The van der Waals surface area contributed by atoms with Gasteiger partial charge in [-0.25, -0.2) is 0 Å². The van der Waals surface area contributed by atoms with Crippen LogP contribution < -0.4 is 10.9 Å². The molecule has 0 spiro atoms. The number of hydrogen-bond donors (Lipinski definition) is 2. The van der Waals surface area contributed by atoms with Gasteiger partial charge in [-0.15, -0.1) is 10.2 Å². The fourth-order valence-electron chi connectivity index (χ4n) is 1.80. The molecular formula is C14H19N5O. The van der Waals surface area contributed by atoms with E-state index in [2.05, 4.69) is 25.4 Å². The maximum absolute atomic E-state index is 12.0. The minimum absolute atomic E-state index is 0.235. The molecule has 1 aromatic heterocycles. The van der Waals surface area contributed by atoms with Crippen molar-refractivity contribution in [3.05, 3.63) is 40.7 Å². The lowest BCUT2D eigenvalue weighted by Crippen LogP contribution is -2.20. The maximum atomic E-state index is 12.0. The molecule has 1 aromatic carbocycles. The molecule has 20 heavy (non-hydrogen) atoms. The molecule has 1 heterocycles. The van der Waals surface area contributed by atoms with Crippen LogP contribution in [0.3, 0.4) is 0 Å². The molecule has 2 aromatic rings. The number of aromatic amines is 1. The lowest BCUT2D eigenvalue weighted by Gasteiger charge is -2.09. The van der Waals surface area contributed by atoms with Gasteiger partial charge in [0, 0.05) is 12.1 Å². The first-order valence-electron chi connectivity index (χ1n) is 6.58. The van der Waals surface area contributed by atoms with Crippen LogP contribution in [0.2, 0.25) is 0 Å². The van der Waals surface area contributed by atoms with Gasteiger partial charge in [0.05, 0.1) is 0 Å². The number of nitrogens with zero attached hydrogens (tertiary/aromatic N) is 3. The zero-order valence-electron chi connectivity index (χ0n) is 11.8. The minimum Gasteiger partial charge on any atom is -0.354 e. The first-order chi connectivity index (χ1) is 9.66. The van der Waals surface area contributed by atoms with Gasteiger partial charge in [0.25, 0.3) is 5.56 Å². The third-order valence-corrected chi connectivity index (χ3v) is 2.82. The summed E-state index contributed by atoms with van der Waals surface area (Å²) in [6, 6.07) is 9.30. The third kappa shape index (κ3) is 3.89. The van der Waals surface area contributed by atoms with Crippen molar-refractivity contribution in [1.82, 2.24) is 20.1 Å². The summed E-state index contributed by atoms with van der Waals surface area (Å²) in [6.45, 7) is 1.72. The van der Waals surface area contributed by atoms with Crippen LogP contribution in [-0.2, 0) is 0 Å². The van der Waals surface area contributed by atoms with Gasteiger partial charge < -0.3 is 10.2 Å². The molecule has 0 saturated heterocycles. The highest BCUT2D eigenvalue weighted by Crippen LogP contribution is 2.10. The Labute approximate surface area is 117 Å². The van der Waals surface area contributed by atoms with Crippen molar-refractivity contribution in [2.75, 3.05) is 32.5 Å². The van der Waals surface area contributed by atoms with Crippen LogP contribution in [0.15, 0.2) is 35.1 Å². The number of benzene rings is 1. The number of anilines is 1. The maximum Gasteiger partial charge on any atom is 0.279 e. The van der Waals surface area contributed by atoms with E-state index in [0.717, 1.165) is 25.1 Å². The Hall–Kier alpha value is -2.21. The fraction of sp³-hybridized carbons (Fsp3) is 0.357. The van der Waals surface area contributed by atoms with Gasteiger partial charge in [-0.3, -0.25) is 9.78 Å². The number of nitrogens with one attached hydrogen (secondary N) is 2. The molecule has 0 radical (unpaired) electrons. The first-order valence-corrected chi connectivity index (χ1v) is 6.58. The van der Waals surface area contributed by atoms with Gasteiger partial charge in [-0.1, -0.05) is 30.3 Å². The summed E-state index contributed by atoms with van der Waals surface area (Å²) >= 11 is 0. The smallest absolute Gasteiger partial charge is 0.279 e. The van der Waals surface area contributed by atoms with Gasteiger partial charge in [-0.2, -0.15) is 0 Å². The Bertz CT molecular complexity index is 594. The van der Waals surface area contributed by atoms with Crippen LogP contribution in [0.5, 0.6) is 0 Å². The predicted molar refractivity (Wildman–Crippen MR) is 79.7 cm³/mol. The molecule has 0 bridgehead atoms. The second-order valence-corrected chi connectivity index (χ2v) is 4.80. The van der Waals surface area contributed by atoms with E-state index >= 15 is 0 Å². The Balaban J connectivity index is 2.01. The molecule has 0 aliphatic carbocycles. The van der Waals surface area contributed by atoms with Crippen LogP contribution in [0.25, 0.3) is 11.3 Å². The van der Waals surface area contributed by atoms with Crippen molar-refractivity contribution < 1.29 is 0 Å². The summed E-state index contributed by atoms with van der Waals surface area (Å²) in [4.78, 5) is 16.8. The van der Waals surface area contributed by atoms with Crippen molar-refractivity contribution in [2.45, 2.75) is 6.42 Å². The normalized spacial score (nSPS) is 10.8. The van der Waals surface area contributed by atoms with Gasteiger partial charge in [0.1, 0.15) is 0 Å². The highest BCUT2D eigenvalue weighted by molar-refractivity contribution is 5.57. The molecule has 6 nitrogen and oxygen atoms in total. The fourth-order valence-corrected chi connectivity index (χ4v) is 1.80. The molecule has 0 amide bonds. The summed E-state index contributed by atoms with van der Waals surface area (Å²) in [5, 5.41) is 11.1. The van der Waals surface area contributed by atoms with Gasteiger partial charge >= 0.3 is 0 Å². The van der Waals surface area contributed by atoms with Crippen LogP contribution in [-0.4, -0.2) is 47.3 Å². The zero-order valence-corrected chi connectivity index (χ0v) is 11.8. The zero-order chi connectivity index (χ0) is 14.4. The van der Waals surface area contributed by atoms with Crippen LogP contribution >= 0.6 is 0 Å². The van der Waals surface area contributed by atoms with Crippen molar-refractivity contribution in [3.63, 3.8) is 0 Å². The lowest BCUT2D eigenvalue weighted by molar-refractivity contribution is 0.405. The molecule has 106 valence electrons. The van der Waals surface area contributed by atoms with Crippen LogP contribution in [0, 0.1) is 0 Å². The molecule has 0 saturated carbocycles. The largest absolute Gasteiger partial charge is 0.354 e. The Kier molecular flexibility index (Phi) is 4.84. The van der Waals surface area contributed by atoms with Crippen molar-refractivity contribution in [3.8, 4) is 11.3 Å². The lowest BCUT2D eigenvalue weighted by atomic mass is 10.2. The molecule has 2 N–H and O–H groups in total. The second-order valence-electron chi connectivity index (χ2n) is 4.80. The number of rotatable bonds is 6. The van der Waals surface area contributed by atoms with E-state index in [1.807, 2.05) is 44.4 Å². The molecule has 2 rings (SSSR count). The van der Waals surface area contributed by atoms with Crippen molar-refractivity contribution in [2.24, 2.45) is 0 Å². The number of H-pyrrole nitrogens is 1. The first kappa shape index (κ1) is 14.2. The predicted octanol–water partition coefficient (Wildman–Crippen LogP) is 1.20. The third-order valence-electron chi connectivity index (χ3n) is 2.82. The van der Waals surface area contributed by atoms with E-state index in [-0.39, 0.29) is 5.56 Å². The quantitative estimate of drug-likeness (QED) is 0.774. The summed E-state index contributed by atoms with van der Waals surface area (Å²) < 4.78 is 0. The Morgan fingerprint density at radius 2 is 1.95 bits per heavy atom. The number of aromatic nitrogens is 3. The highest BCUT2D eigenvalue weighted by atomic mass is 16.1. The molecule has 0 aliphatic heterocycles. The molecule has 6 heteroatoms. The van der Waals surface area contributed by atoms with E-state index in [4.69, 9.17) is 0 Å². The molecular weight excluding hydrogens is 254 g/mol.